The number of rotatable bonds is 5. The van der Waals surface area contributed by atoms with E-state index in [0.717, 1.165) is 11.8 Å². The number of carboxylic acid groups (broad SMARTS) is 2. The van der Waals surface area contributed by atoms with Gasteiger partial charge in [0.05, 0.1) is 18.2 Å². The van der Waals surface area contributed by atoms with Gasteiger partial charge in [0.25, 0.3) is 0 Å². The summed E-state index contributed by atoms with van der Waals surface area (Å²) in [5.41, 5.74) is 0.225. The predicted molar refractivity (Wildman–Crippen MR) is 77.5 cm³/mol. The molecule has 0 atom stereocenters. The molecule has 0 aliphatic rings. The van der Waals surface area contributed by atoms with Gasteiger partial charge in [-0.3, -0.25) is 0 Å². The van der Waals surface area contributed by atoms with Crippen LogP contribution in [-0.2, 0) is 0 Å². The van der Waals surface area contributed by atoms with E-state index in [1.165, 1.54) is 19.2 Å². The lowest BCUT2D eigenvalue weighted by Crippen LogP contribution is -2.01. The Balaban J connectivity index is 2.48. The Kier molecular flexibility index (Phi) is 4.49. The van der Waals surface area contributed by atoms with Gasteiger partial charge in [0.2, 0.25) is 0 Å². The van der Waals surface area contributed by atoms with Crippen molar-refractivity contribution in [1.82, 2.24) is 0 Å². The van der Waals surface area contributed by atoms with Crippen LogP contribution in [0.1, 0.15) is 20.7 Å². The zero-order chi connectivity index (χ0) is 15.4. The largest absolute Gasteiger partial charge is 0.497 e. The monoisotopic (exact) mass is 304 g/mol. The first-order chi connectivity index (χ1) is 10.0. The minimum atomic E-state index is -1.08. The summed E-state index contributed by atoms with van der Waals surface area (Å²) in [4.78, 5) is 23.4. The van der Waals surface area contributed by atoms with Gasteiger partial charge in [-0.2, -0.15) is 0 Å². The molecule has 2 aromatic rings. The van der Waals surface area contributed by atoms with Crippen LogP contribution in [0.5, 0.6) is 5.75 Å². The summed E-state index contributed by atoms with van der Waals surface area (Å²) in [5.74, 6) is -1.62. The van der Waals surface area contributed by atoms with Crippen LogP contribution in [0.3, 0.4) is 0 Å². The third-order valence-electron chi connectivity index (χ3n) is 2.76. The van der Waals surface area contributed by atoms with Gasteiger partial charge in [0.1, 0.15) is 5.75 Å². The highest BCUT2D eigenvalue weighted by atomic mass is 32.2. The summed E-state index contributed by atoms with van der Waals surface area (Å²) in [5, 5.41) is 18.4. The number of carbonyl (C=O) groups is 2. The smallest absolute Gasteiger partial charge is 0.336 e. The summed E-state index contributed by atoms with van der Waals surface area (Å²) in [6, 6.07) is 11.0. The van der Waals surface area contributed by atoms with Crippen molar-refractivity contribution in [2.45, 2.75) is 9.79 Å². The van der Waals surface area contributed by atoms with E-state index in [9.17, 15) is 14.7 Å². The number of hydrogen-bond donors (Lipinski definition) is 2. The standard InChI is InChI=1S/C15H12O5S/c1-20-9-6-7-11(15(18)19)13(8-9)21-12-5-3-2-4-10(12)14(16)17/h2-8H,1H3,(H,16,17)(H,18,19). The van der Waals surface area contributed by atoms with E-state index >= 15 is 0 Å². The highest BCUT2D eigenvalue weighted by molar-refractivity contribution is 7.99. The van der Waals surface area contributed by atoms with Gasteiger partial charge < -0.3 is 14.9 Å². The first-order valence-electron chi connectivity index (χ1n) is 5.94. The Labute approximate surface area is 125 Å². The summed E-state index contributed by atoms with van der Waals surface area (Å²) in [7, 11) is 1.48. The maximum atomic E-state index is 11.3. The van der Waals surface area contributed by atoms with Crippen molar-refractivity contribution in [3.05, 3.63) is 53.6 Å². The second-order valence-corrected chi connectivity index (χ2v) is 5.15. The molecule has 0 aliphatic heterocycles. The van der Waals surface area contributed by atoms with Crippen LogP contribution in [0.2, 0.25) is 0 Å². The molecule has 0 bridgehead atoms. The average Bonchev–Trinajstić information content (AvgIpc) is 2.47. The fourth-order valence-corrected chi connectivity index (χ4v) is 2.83. The van der Waals surface area contributed by atoms with E-state index in [1.807, 2.05) is 0 Å². The van der Waals surface area contributed by atoms with Crippen LogP contribution in [0.25, 0.3) is 0 Å². The van der Waals surface area contributed by atoms with Crippen LogP contribution < -0.4 is 4.74 Å². The maximum Gasteiger partial charge on any atom is 0.336 e. The van der Waals surface area contributed by atoms with Gasteiger partial charge in [0.15, 0.2) is 0 Å². The van der Waals surface area contributed by atoms with Crippen LogP contribution >= 0.6 is 11.8 Å². The third-order valence-corrected chi connectivity index (χ3v) is 3.89. The molecule has 108 valence electrons. The van der Waals surface area contributed by atoms with E-state index in [0.29, 0.717) is 15.5 Å². The van der Waals surface area contributed by atoms with Crippen molar-refractivity contribution in [3.8, 4) is 5.75 Å². The Bertz CT molecular complexity index is 696. The molecule has 2 rings (SSSR count). The van der Waals surface area contributed by atoms with E-state index in [4.69, 9.17) is 9.84 Å². The van der Waals surface area contributed by atoms with E-state index in [-0.39, 0.29) is 11.1 Å². The Morgan fingerprint density at radius 1 is 0.952 bits per heavy atom. The minimum Gasteiger partial charge on any atom is -0.497 e. The number of carboxylic acids is 2. The van der Waals surface area contributed by atoms with E-state index in [1.54, 1.807) is 30.3 Å². The van der Waals surface area contributed by atoms with Crippen LogP contribution in [0.4, 0.5) is 0 Å². The number of ether oxygens (including phenoxy) is 1. The zero-order valence-corrected chi connectivity index (χ0v) is 11.9. The Morgan fingerprint density at radius 3 is 2.19 bits per heavy atom. The van der Waals surface area contributed by atoms with Crippen LogP contribution in [-0.4, -0.2) is 29.3 Å². The number of hydrogen-bond acceptors (Lipinski definition) is 4. The predicted octanol–water partition coefficient (Wildman–Crippen LogP) is 3.24. The molecular formula is C15H12O5S. The van der Waals surface area contributed by atoms with Crippen LogP contribution in [0.15, 0.2) is 52.3 Å². The van der Waals surface area contributed by atoms with Crippen molar-refractivity contribution >= 4 is 23.7 Å². The summed E-state index contributed by atoms with van der Waals surface area (Å²) in [6.45, 7) is 0. The molecule has 2 N–H and O–H groups in total. The van der Waals surface area contributed by atoms with Crippen molar-refractivity contribution < 1.29 is 24.5 Å². The fraction of sp³-hybridized carbons (Fsp3) is 0.0667. The average molecular weight is 304 g/mol. The normalized spacial score (nSPS) is 10.1. The highest BCUT2D eigenvalue weighted by Crippen LogP contribution is 2.35. The molecule has 0 unspecified atom stereocenters. The second-order valence-electron chi connectivity index (χ2n) is 4.07. The van der Waals surface area contributed by atoms with Gasteiger partial charge in [-0.1, -0.05) is 23.9 Å². The van der Waals surface area contributed by atoms with Gasteiger partial charge in [-0.15, -0.1) is 0 Å². The molecule has 0 radical (unpaired) electrons. The molecular weight excluding hydrogens is 292 g/mol. The van der Waals surface area contributed by atoms with Crippen molar-refractivity contribution in [1.29, 1.82) is 0 Å². The van der Waals surface area contributed by atoms with Gasteiger partial charge in [-0.25, -0.2) is 9.59 Å². The first kappa shape index (κ1) is 14.9. The molecule has 0 saturated carbocycles. The van der Waals surface area contributed by atoms with Crippen molar-refractivity contribution in [2.75, 3.05) is 7.11 Å². The van der Waals surface area contributed by atoms with E-state index in [2.05, 4.69) is 0 Å². The zero-order valence-electron chi connectivity index (χ0n) is 11.1. The van der Waals surface area contributed by atoms with Gasteiger partial charge >= 0.3 is 11.9 Å². The lowest BCUT2D eigenvalue weighted by molar-refractivity contribution is 0.0683. The Morgan fingerprint density at radius 2 is 1.57 bits per heavy atom. The number of benzene rings is 2. The maximum absolute atomic E-state index is 11.3. The van der Waals surface area contributed by atoms with Crippen molar-refractivity contribution in [3.63, 3.8) is 0 Å². The first-order valence-corrected chi connectivity index (χ1v) is 6.76. The molecule has 0 spiro atoms. The SMILES string of the molecule is COc1ccc(C(=O)O)c(Sc2ccccc2C(=O)O)c1. The van der Waals surface area contributed by atoms with E-state index < -0.39 is 11.9 Å². The van der Waals surface area contributed by atoms with Crippen molar-refractivity contribution in [2.24, 2.45) is 0 Å². The molecule has 0 fully saturated rings. The molecule has 21 heavy (non-hydrogen) atoms. The van der Waals surface area contributed by atoms with Crippen LogP contribution in [0, 0.1) is 0 Å². The summed E-state index contributed by atoms with van der Waals surface area (Å²) >= 11 is 1.09. The summed E-state index contributed by atoms with van der Waals surface area (Å²) in [6.07, 6.45) is 0. The molecule has 0 aliphatic carbocycles. The summed E-state index contributed by atoms with van der Waals surface area (Å²) < 4.78 is 5.08. The topological polar surface area (TPSA) is 83.8 Å². The molecule has 5 nitrogen and oxygen atoms in total. The lowest BCUT2D eigenvalue weighted by atomic mass is 10.2. The molecule has 0 saturated heterocycles. The molecule has 2 aromatic carbocycles. The third kappa shape index (κ3) is 3.35. The lowest BCUT2D eigenvalue weighted by Gasteiger charge is -2.10. The molecule has 0 amide bonds. The molecule has 6 heteroatoms. The molecule has 0 heterocycles. The van der Waals surface area contributed by atoms with Gasteiger partial charge in [-0.05, 0) is 30.3 Å². The molecule has 0 aromatic heterocycles. The Hall–Kier alpha value is -2.47. The second kappa shape index (κ2) is 6.32. The number of methoxy groups -OCH3 is 1. The quantitative estimate of drug-likeness (QED) is 0.882. The fourth-order valence-electron chi connectivity index (χ4n) is 1.74. The minimum absolute atomic E-state index is 0.0981. The number of aromatic carboxylic acids is 2. The van der Waals surface area contributed by atoms with Gasteiger partial charge in [0, 0.05) is 9.79 Å². The highest BCUT2D eigenvalue weighted by Gasteiger charge is 2.16.